The number of hydrogen-bond donors (Lipinski definition) is 0. The van der Waals surface area contributed by atoms with Gasteiger partial charge >= 0.3 is 0 Å². The van der Waals surface area contributed by atoms with Crippen molar-refractivity contribution in [2.45, 2.75) is 63.1 Å². The summed E-state index contributed by atoms with van der Waals surface area (Å²) >= 11 is 2.06. The standard InChI is InChI=1S/C17H28OSSi/c1-17(2,3)20(4,5)18-15(16-13-19-16)12-11-14-9-7-6-8-10-14/h6-10,15-16H,11-13H2,1-5H3/t15-,16-/m1/s1. The van der Waals surface area contributed by atoms with Crippen LogP contribution >= 0.6 is 11.8 Å². The molecule has 0 aliphatic carbocycles. The molecule has 1 aliphatic rings. The average Bonchev–Trinajstić information content (AvgIpc) is 3.18. The molecule has 0 bridgehead atoms. The van der Waals surface area contributed by atoms with E-state index in [4.69, 9.17) is 4.43 Å². The highest BCUT2D eigenvalue weighted by molar-refractivity contribution is 8.06. The van der Waals surface area contributed by atoms with Gasteiger partial charge in [-0.25, -0.2) is 0 Å². The van der Waals surface area contributed by atoms with Gasteiger partial charge in [0.05, 0.1) is 6.10 Å². The first-order chi connectivity index (χ1) is 9.29. The summed E-state index contributed by atoms with van der Waals surface area (Å²) < 4.78 is 6.67. The molecule has 1 fully saturated rings. The molecule has 112 valence electrons. The Morgan fingerprint density at radius 1 is 1.25 bits per heavy atom. The lowest BCUT2D eigenvalue weighted by Gasteiger charge is -2.39. The molecule has 0 spiro atoms. The summed E-state index contributed by atoms with van der Waals surface area (Å²) in [6, 6.07) is 10.8. The molecule has 0 unspecified atom stereocenters. The molecule has 1 saturated heterocycles. The Labute approximate surface area is 129 Å². The van der Waals surface area contributed by atoms with Crippen LogP contribution < -0.4 is 0 Å². The molecule has 2 rings (SSSR count). The first-order valence-corrected chi connectivity index (χ1v) is 11.6. The van der Waals surface area contributed by atoms with E-state index >= 15 is 0 Å². The molecule has 2 atom stereocenters. The van der Waals surface area contributed by atoms with E-state index in [-0.39, 0.29) is 0 Å². The summed E-state index contributed by atoms with van der Waals surface area (Å²) in [6.45, 7) is 11.7. The van der Waals surface area contributed by atoms with E-state index in [1.54, 1.807) is 0 Å². The van der Waals surface area contributed by atoms with E-state index in [2.05, 4.69) is 76.0 Å². The third-order valence-corrected chi connectivity index (χ3v) is 10.1. The van der Waals surface area contributed by atoms with Crippen molar-refractivity contribution in [3.05, 3.63) is 35.9 Å². The van der Waals surface area contributed by atoms with E-state index in [1.165, 1.54) is 11.3 Å². The number of thioether (sulfide) groups is 1. The van der Waals surface area contributed by atoms with Gasteiger partial charge in [-0.1, -0.05) is 51.1 Å². The quantitative estimate of drug-likeness (QED) is 0.532. The van der Waals surface area contributed by atoms with Gasteiger partial charge in [-0.05, 0) is 36.5 Å². The molecule has 1 aliphatic heterocycles. The number of benzene rings is 1. The third-order valence-electron chi connectivity index (χ3n) is 4.59. The van der Waals surface area contributed by atoms with E-state index in [9.17, 15) is 0 Å². The van der Waals surface area contributed by atoms with Crippen LogP contribution in [0.25, 0.3) is 0 Å². The van der Waals surface area contributed by atoms with Gasteiger partial charge in [0.1, 0.15) is 0 Å². The van der Waals surface area contributed by atoms with E-state index < -0.39 is 8.32 Å². The van der Waals surface area contributed by atoms with Crippen LogP contribution in [0.5, 0.6) is 0 Å². The molecule has 20 heavy (non-hydrogen) atoms. The van der Waals surface area contributed by atoms with Crippen molar-refractivity contribution < 1.29 is 4.43 Å². The average molecular weight is 309 g/mol. The fourth-order valence-corrected chi connectivity index (χ4v) is 4.32. The smallest absolute Gasteiger partial charge is 0.192 e. The largest absolute Gasteiger partial charge is 0.413 e. The minimum atomic E-state index is -1.64. The lowest BCUT2D eigenvalue weighted by Crippen LogP contribution is -2.45. The lowest BCUT2D eigenvalue weighted by molar-refractivity contribution is 0.179. The normalized spacial score (nSPS) is 20.8. The van der Waals surface area contributed by atoms with Crippen molar-refractivity contribution in [3.63, 3.8) is 0 Å². The fourth-order valence-electron chi connectivity index (χ4n) is 2.10. The van der Waals surface area contributed by atoms with Crippen molar-refractivity contribution in [3.8, 4) is 0 Å². The Hall–Kier alpha value is -0.253. The highest BCUT2D eigenvalue weighted by atomic mass is 32.2. The summed E-state index contributed by atoms with van der Waals surface area (Å²) in [5.74, 6) is 1.29. The molecule has 0 saturated carbocycles. The van der Waals surface area contributed by atoms with Crippen LogP contribution in [0.3, 0.4) is 0 Å². The van der Waals surface area contributed by atoms with Gasteiger partial charge in [-0.15, -0.1) is 0 Å². The molecule has 1 heterocycles. The lowest BCUT2D eigenvalue weighted by atomic mass is 10.1. The second-order valence-corrected chi connectivity index (χ2v) is 13.3. The zero-order chi connectivity index (χ0) is 14.8. The molecule has 0 N–H and O–H groups in total. The van der Waals surface area contributed by atoms with Crippen LogP contribution in [-0.2, 0) is 10.8 Å². The number of aryl methyl sites for hydroxylation is 1. The van der Waals surface area contributed by atoms with Crippen molar-refractivity contribution in [2.24, 2.45) is 0 Å². The Balaban J connectivity index is 1.95. The Bertz CT molecular complexity index is 420. The Morgan fingerprint density at radius 2 is 1.85 bits per heavy atom. The van der Waals surface area contributed by atoms with Crippen molar-refractivity contribution >= 4 is 20.1 Å². The van der Waals surface area contributed by atoms with Gasteiger partial charge in [0, 0.05) is 11.0 Å². The van der Waals surface area contributed by atoms with E-state index in [1.807, 2.05) is 0 Å². The summed E-state index contributed by atoms with van der Waals surface area (Å²) in [5.41, 5.74) is 1.43. The minimum absolute atomic E-state index is 0.303. The SMILES string of the molecule is CC(C)(C)[Si](C)(C)O[C@H](CCc1ccccc1)[C@H]1CS1. The maximum Gasteiger partial charge on any atom is 0.192 e. The van der Waals surface area contributed by atoms with Crippen LogP contribution in [0.1, 0.15) is 32.8 Å². The van der Waals surface area contributed by atoms with Crippen LogP contribution in [0, 0.1) is 0 Å². The van der Waals surface area contributed by atoms with E-state index in [0.29, 0.717) is 11.1 Å². The highest BCUT2D eigenvalue weighted by Crippen LogP contribution is 2.42. The molecule has 1 nitrogen and oxygen atoms in total. The van der Waals surface area contributed by atoms with Crippen LogP contribution in [-0.4, -0.2) is 25.4 Å². The fraction of sp³-hybridized carbons (Fsp3) is 0.647. The van der Waals surface area contributed by atoms with Gasteiger partial charge in [0.25, 0.3) is 0 Å². The van der Waals surface area contributed by atoms with Gasteiger partial charge < -0.3 is 4.43 Å². The molecular formula is C17H28OSSi. The van der Waals surface area contributed by atoms with E-state index in [0.717, 1.165) is 18.1 Å². The molecule has 3 heteroatoms. The summed E-state index contributed by atoms with van der Waals surface area (Å²) in [5, 5.41) is 1.05. The minimum Gasteiger partial charge on any atom is -0.413 e. The van der Waals surface area contributed by atoms with Gasteiger partial charge in [0.2, 0.25) is 0 Å². The third kappa shape index (κ3) is 4.37. The van der Waals surface area contributed by atoms with Crippen LogP contribution in [0.4, 0.5) is 0 Å². The maximum absolute atomic E-state index is 6.67. The van der Waals surface area contributed by atoms with Crippen molar-refractivity contribution in [2.75, 3.05) is 5.75 Å². The molecule has 0 radical (unpaired) electrons. The summed E-state index contributed by atoms with van der Waals surface area (Å²) in [6.07, 6.45) is 2.74. The second-order valence-electron chi connectivity index (χ2n) is 7.31. The highest BCUT2D eigenvalue weighted by Gasteiger charge is 2.43. The number of hydrogen-bond acceptors (Lipinski definition) is 2. The predicted molar refractivity (Wildman–Crippen MR) is 93.1 cm³/mol. The van der Waals surface area contributed by atoms with Gasteiger partial charge in [0.15, 0.2) is 8.32 Å². The first-order valence-electron chi connectivity index (χ1n) is 7.63. The van der Waals surface area contributed by atoms with Gasteiger partial charge in [-0.3, -0.25) is 0 Å². The molecule has 1 aromatic carbocycles. The summed E-state index contributed by atoms with van der Waals surface area (Å²) in [4.78, 5) is 0. The number of rotatable bonds is 6. The Morgan fingerprint density at radius 3 is 2.35 bits per heavy atom. The van der Waals surface area contributed by atoms with Crippen molar-refractivity contribution in [1.29, 1.82) is 0 Å². The monoisotopic (exact) mass is 308 g/mol. The molecular weight excluding hydrogens is 280 g/mol. The molecule has 0 aromatic heterocycles. The van der Waals surface area contributed by atoms with Crippen molar-refractivity contribution in [1.82, 2.24) is 0 Å². The topological polar surface area (TPSA) is 9.23 Å². The first kappa shape index (κ1) is 16.1. The second kappa shape index (κ2) is 6.25. The predicted octanol–water partition coefficient (Wildman–Crippen LogP) is 5.13. The molecule has 1 aromatic rings. The van der Waals surface area contributed by atoms with Gasteiger partial charge in [-0.2, -0.15) is 11.8 Å². The zero-order valence-electron chi connectivity index (χ0n) is 13.5. The maximum atomic E-state index is 6.67. The zero-order valence-corrected chi connectivity index (χ0v) is 15.3. The van der Waals surface area contributed by atoms with Crippen LogP contribution in [0.2, 0.25) is 18.1 Å². The Kier molecular flexibility index (Phi) is 5.03. The van der Waals surface area contributed by atoms with Crippen LogP contribution in [0.15, 0.2) is 30.3 Å². The summed E-state index contributed by atoms with van der Waals surface area (Å²) in [7, 11) is -1.64. The molecule has 0 amide bonds.